The lowest BCUT2D eigenvalue weighted by molar-refractivity contribution is 0.253. The Balaban J connectivity index is 0.00000280. The van der Waals surface area contributed by atoms with Crippen molar-refractivity contribution in [3.05, 3.63) is 35.5 Å². The lowest BCUT2D eigenvalue weighted by atomic mass is 10.3. The van der Waals surface area contributed by atoms with E-state index in [4.69, 9.17) is 10.5 Å². The summed E-state index contributed by atoms with van der Waals surface area (Å²) in [4.78, 5) is 19.6. The first-order valence-corrected chi connectivity index (χ1v) is 9.91. The monoisotopic (exact) mass is 517 g/mol. The molecule has 154 valence electrons. The number of guanidine groups is 1. The van der Waals surface area contributed by atoms with Gasteiger partial charge in [-0.2, -0.15) is 0 Å². The Morgan fingerprint density at radius 3 is 2.71 bits per heavy atom. The second-order valence-corrected chi connectivity index (χ2v) is 7.49. The number of hydrogen-bond donors (Lipinski definition) is 1. The lowest BCUT2D eigenvalue weighted by Crippen LogP contribution is -2.51. The molecule has 2 aromatic heterocycles. The van der Waals surface area contributed by atoms with Gasteiger partial charge in [0, 0.05) is 56.6 Å². The Kier molecular flexibility index (Phi) is 9.19. The maximum Gasteiger partial charge on any atom is 0.213 e. The van der Waals surface area contributed by atoms with E-state index >= 15 is 0 Å². The number of aliphatic imine (C=N–C) groups is 1. The van der Waals surface area contributed by atoms with Crippen LogP contribution in [0.3, 0.4) is 0 Å². The van der Waals surface area contributed by atoms with E-state index in [2.05, 4.69) is 29.7 Å². The Labute approximate surface area is 187 Å². The minimum atomic E-state index is 0. The molecule has 2 N–H and O–H groups in total. The van der Waals surface area contributed by atoms with E-state index in [0.29, 0.717) is 25.0 Å². The Bertz CT molecular complexity index is 733. The molecule has 0 radical (unpaired) electrons. The fourth-order valence-corrected chi connectivity index (χ4v) is 3.43. The fourth-order valence-electron chi connectivity index (χ4n) is 2.73. The van der Waals surface area contributed by atoms with Gasteiger partial charge in [-0.25, -0.2) is 15.0 Å². The first kappa shape index (κ1) is 22.6. The van der Waals surface area contributed by atoms with Gasteiger partial charge in [0.15, 0.2) is 11.1 Å². The molecule has 0 unspecified atom stereocenters. The van der Waals surface area contributed by atoms with Crippen LogP contribution in [0.1, 0.15) is 5.56 Å². The number of hydrogen-bond acceptors (Lipinski definition) is 7. The van der Waals surface area contributed by atoms with E-state index in [0.717, 1.165) is 43.4 Å². The third-order valence-corrected chi connectivity index (χ3v) is 5.14. The van der Waals surface area contributed by atoms with Crippen molar-refractivity contribution in [2.24, 2.45) is 10.7 Å². The van der Waals surface area contributed by atoms with Crippen molar-refractivity contribution in [3.8, 4) is 5.88 Å². The van der Waals surface area contributed by atoms with Crippen molar-refractivity contribution >= 4 is 46.4 Å². The molecule has 1 aliphatic heterocycles. The number of rotatable bonds is 7. The van der Waals surface area contributed by atoms with Crippen LogP contribution in [0.5, 0.6) is 5.88 Å². The fraction of sp³-hybridized carbons (Fsp3) is 0.500. The number of halogens is 1. The molecule has 0 spiro atoms. The third-order valence-electron chi connectivity index (χ3n) is 4.30. The van der Waals surface area contributed by atoms with Crippen LogP contribution in [0, 0.1) is 0 Å². The minimum Gasteiger partial charge on any atom is -0.476 e. The van der Waals surface area contributed by atoms with Gasteiger partial charge in [-0.05, 0) is 25.7 Å². The summed E-state index contributed by atoms with van der Waals surface area (Å²) in [5.41, 5.74) is 7.24. The number of piperazine rings is 1. The smallest absolute Gasteiger partial charge is 0.213 e. The molecule has 3 rings (SSSR count). The molecule has 3 heterocycles. The van der Waals surface area contributed by atoms with Crippen molar-refractivity contribution in [2.45, 2.75) is 6.54 Å². The number of likely N-dealkylation sites (N-methyl/N-ethyl adjacent to an activating group) is 1. The highest BCUT2D eigenvalue weighted by Crippen LogP contribution is 2.18. The molecule has 10 heteroatoms. The summed E-state index contributed by atoms with van der Waals surface area (Å²) in [7, 11) is 4.03. The summed E-state index contributed by atoms with van der Waals surface area (Å²) < 4.78 is 5.67. The number of nitrogens with two attached hydrogens (primary N) is 1. The number of nitrogens with zero attached hydrogens (tertiary/aromatic N) is 6. The van der Waals surface area contributed by atoms with Crippen molar-refractivity contribution in [1.82, 2.24) is 19.8 Å². The average Bonchev–Trinajstić information content (AvgIpc) is 3.21. The summed E-state index contributed by atoms with van der Waals surface area (Å²) in [6.45, 7) is 5.49. The molecule has 8 nitrogen and oxygen atoms in total. The van der Waals surface area contributed by atoms with E-state index in [-0.39, 0.29) is 24.0 Å². The molecule has 1 saturated heterocycles. The van der Waals surface area contributed by atoms with E-state index in [1.54, 1.807) is 17.5 Å². The van der Waals surface area contributed by atoms with Gasteiger partial charge in [-0.3, -0.25) is 0 Å². The summed E-state index contributed by atoms with van der Waals surface area (Å²) >= 11 is 1.67. The molecule has 0 amide bonds. The number of pyridine rings is 1. The van der Waals surface area contributed by atoms with Crippen LogP contribution in [0.15, 0.2) is 34.9 Å². The van der Waals surface area contributed by atoms with Crippen LogP contribution < -0.4 is 15.4 Å². The molecule has 28 heavy (non-hydrogen) atoms. The molecule has 0 saturated carbocycles. The summed E-state index contributed by atoms with van der Waals surface area (Å²) in [5, 5.41) is 3.08. The number of ether oxygens (including phenoxy) is 1. The molecule has 1 aliphatic rings. The highest BCUT2D eigenvalue weighted by Gasteiger charge is 2.19. The zero-order valence-corrected chi connectivity index (χ0v) is 19.5. The van der Waals surface area contributed by atoms with Crippen molar-refractivity contribution in [3.63, 3.8) is 0 Å². The van der Waals surface area contributed by atoms with Crippen molar-refractivity contribution in [2.75, 3.05) is 58.3 Å². The van der Waals surface area contributed by atoms with E-state index in [1.807, 2.05) is 37.8 Å². The van der Waals surface area contributed by atoms with Gasteiger partial charge in [0.25, 0.3) is 0 Å². The second kappa shape index (κ2) is 11.4. The van der Waals surface area contributed by atoms with Crippen LogP contribution in [-0.4, -0.2) is 79.2 Å². The van der Waals surface area contributed by atoms with Crippen LogP contribution in [0.25, 0.3) is 0 Å². The zero-order valence-electron chi connectivity index (χ0n) is 16.3. The Hall–Kier alpha value is -1.66. The molecular formula is C18H28IN7OS. The Morgan fingerprint density at radius 2 is 2.04 bits per heavy atom. The molecule has 0 aromatic carbocycles. The quantitative estimate of drug-likeness (QED) is 0.340. The van der Waals surface area contributed by atoms with Crippen LogP contribution >= 0.6 is 35.3 Å². The minimum absolute atomic E-state index is 0. The SMILES string of the molecule is CN(C)CCOc1cc(CN=C(N)N2CCN(c3nccs3)CC2)ccn1.I. The molecule has 0 atom stereocenters. The van der Waals surface area contributed by atoms with Gasteiger partial charge in [0.1, 0.15) is 6.61 Å². The number of aromatic nitrogens is 2. The summed E-state index contributed by atoms with van der Waals surface area (Å²) in [6, 6.07) is 3.86. The van der Waals surface area contributed by atoms with E-state index in [9.17, 15) is 0 Å². The van der Waals surface area contributed by atoms with Gasteiger partial charge < -0.3 is 25.2 Å². The van der Waals surface area contributed by atoms with E-state index in [1.165, 1.54) is 0 Å². The van der Waals surface area contributed by atoms with Gasteiger partial charge in [0.05, 0.1) is 6.54 Å². The first-order chi connectivity index (χ1) is 13.1. The molecule has 2 aromatic rings. The lowest BCUT2D eigenvalue weighted by Gasteiger charge is -2.35. The standard InChI is InChI=1S/C18H27N7OS.HI/c1-23(2)10-11-26-16-13-15(3-4-20-16)14-22-17(19)24-6-8-25(9-7-24)18-21-5-12-27-18;/h3-5,12-13H,6-11,14H2,1-2H3,(H2,19,22);1H. The normalized spacial score (nSPS) is 14.9. The summed E-state index contributed by atoms with van der Waals surface area (Å²) in [5.74, 6) is 1.21. The second-order valence-electron chi connectivity index (χ2n) is 6.62. The molecule has 0 bridgehead atoms. The predicted molar refractivity (Wildman–Crippen MR) is 125 cm³/mol. The van der Waals surface area contributed by atoms with E-state index < -0.39 is 0 Å². The summed E-state index contributed by atoms with van der Waals surface area (Å²) in [6.07, 6.45) is 3.59. The Morgan fingerprint density at radius 1 is 1.25 bits per heavy atom. The zero-order chi connectivity index (χ0) is 19.1. The van der Waals surface area contributed by atoms with Crippen LogP contribution in [-0.2, 0) is 6.54 Å². The largest absolute Gasteiger partial charge is 0.476 e. The van der Waals surface area contributed by atoms with Gasteiger partial charge in [-0.1, -0.05) is 0 Å². The topological polar surface area (TPSA) is 83.1 Å². The number of thiazole rings is 1. The van der Waals surface area contributed by atoms with Crippen LogP contribution in [0.2, 0.25) is 0 Å². The third kappa shape index (κ3) is 6.74. The average molecular weight is 517 g/mol. The van der Waals surface area contributed by atoms with Crippen molar-refractivity contribution in [1.29, 1.82) is 0 Å². The highest BCUT2D eigenvalue weighted by atomic mass is 127. The predicted octanol–water partition coefficient (Wildman–Crippen LogP) is 1.73. The molecule has 1 fully saturated rings. The van der Waals surface area contributed by atoms with Gasteiger partial charge >= 0.3 is 0 Å². The maximum atomic E-state index is 6.20. The molecular weight excluding hydrogens is 489 g/mol. The highest BCUT2D eigenvalue weighted by molar-refractivity contribution is 14.0. The first-order valence-electron chi connectivity index (χ1n) is 9.03. The van der Waals surface area contributed by atoms with Crippen molar-refractivity contribution < 1.29 is 4.74 Å². The van der Waals surface area contributed by atoms with Gasteiger partial charge in [-0.15, -0.1) is 35.3 Å². The maximum absolute atomic E-state index is 6.20. The number of anilines is 1. The van der Waals surface area contributed by atoms with Gasteiger partial charge in [0.2, 0.25) is 5.88 Å². The van der Waals surface area contributed by atoms with Crippen LogP contribution in [0.4, 0.5) is 5.13 Å². The molecule has 0 aliphatic carbocycles.